The summed E-state index contributed by atoms with van der Waals surface area (Å²) in [7, 11) is 2.09. The Balaban J connectivity index is 1.76. The van der Waals surface area contributed by atoms with Crippen molar-refractivity contribution >= 4 is 0 Å². The summed E-state index contributed by atoms with van der Waals surface area (Å²) in [6.07, 6.45) is 8.06. The summed E-state index contributed by atoms with van der Waals surface area (Å²) in [5.41, 5.74) is 0.242. The highest BCUT2D eigenvalue weighted by Gasteiger charge is 2.42. The fourth-order valence-electron chi connectivity index (χ4n) is 3.34. The van der Waals surface area contributed by atoms with E-state index >= 15 is 0 Å². The summed E-state index contributed by atoms with van der Waals surface area (Å²) in [5.74, 6) is 0.113. The van der Waals surface area contributed by atoms with Crippen molar-refractivity contribution < 1.29 is 4.74 Å². The van der Waals surface area contributed by atoms with Crippen molar-refractivity contribution in [1.82, 2.24) is 4.90 Å². The molecule has 0 N–H and O–H groups in total. The summed E-state index contributed by atoms with van der Waals surface area (Å²) in [4.78, 5) is 2.24. The molecule has 1 aliphatic carbocycles. The van der Waals surface area contributed by atoms with Gasteiger partial charge in [-0.2, -0.15) is 5.26 Å². The maximum Gasteiger partial charge on any atom is 0.0710 e. The molecule has 2 rings (SSSR count). The van der Waals surface area contributed by atoms with Gasteiger partial charge in [0.1, 0.15) is 0 Å². The number of ether oxygens (including phenoxy) is 1. The average Bonchev–Trinajstić information content (AvgIpc) is 2.90. The van der Waals surface area contributed by atoms with Gasteiger partial charge in [-0.15, -0.1) is 0 Å². The summed E-state index contributed by atoms with van der Waals surface area (Å²) < 4.78 is 6.27. The van der Waals surface area contributed by atoms with Crippen LogP contribution in [0.5, 0.6) is 0 Å². The number of hydrogen-bond acceptors (Lipinski definition) is 3. The monoisotopic (exact) mass is 236 g/mol. The minimum absolute atomic E-state index is 0.113. The van der Waals surface area contributed by atoms with Crippen molar-refractivity contribution in [3.63, 3.8) is 0 Å². The summed E-state index contributed by atoms with van der Waals surface area (Å²) in [5, 5.41) is 8.80. The van der Waals surface area contributed by atoms with Crippen LogP contribution in [0, 0.1) is 17.2 Å². The molecule has 0 aromatic rings. The highest BCUT2D eigenvalue weighted by molar-refractivity contribution is 4.93. The third-order valence-corrected chi connectivity index (χ3v) is 4.17. The quantitative estimate of drug-likeness (QED) is 0.752. The largest absolute Gasteiger partial charge is 0.370 e. The smallest absolute Gasteiger partial charge is 0.0710 e. The predicted molar refractivity (Wildman–Crippen MR) is 67.6 cm³/mol. The van der Waals surface area contributed by atoms with Crippen LogP contribution in [0.4, 0.5) is 0 Å². The minimum atomic E-state index is 0.113. The number of rotatable bonds is 4. The zero-order chi connectivity index (χ0) is 12.3. The number of nitrogens with zero attached hydrogens (tertiary/aromatic N) is 2. The number of hydrogen-bond donors (Lipinski definition) is 0. The second-order valence-electron chi connectivity index (χ2n) is 5.92. The van der Waals surface area contributed by atoms with Gasteiger partial charge in [0, 0.05) is 13.1 Å². The Kier molecular flexibility index (Phi) is 4.06. The van der Waals surface area contributed by atoms with Gasteiger partial charge in [-0.3, -0.25) is 0 Å². The van der Waals surface area contributed by atoms with E-state index in [2.05, 4.69) is 18.0 Å². The number of nitriles is 1. The highest BCUT2D eigenvalue weighted by atomic mass is 16.5. The third-order valence-electron chi connectivity index (χ3n) is 4.17. The third kappa shape index (κ3) is 3.20. The average molecular weight is 236 g/mol. The van der Waals surface area contributed by atoms with Crippen LogP contribution in [-0.2, 0) is 4.74 Å². The first-order valence-corrected chi connectivity index (χ1v) is 6.89. The molecule has 2 aliphatic rings. The van der Waals surface area contributed by atoms with Crippen molar-refractivity contribution in [2.45, 2.75) is 57.2 Å². The van der Waals surface area contributed by atoms with Crippen LogP contribution in [0.15, 0.2) is 0 Å². The van der Waals surface area contributed by atoms with Gasteiger partial charge in [0.15, 0.2) is 0 Å². The molecular formula is C14H24N2O. The van der Waals surface area contributed by atoms with Crippen molar-refractivity contribution in [3.8, 4) is 6.07 Å². The number of likely N-dealkylation sites (N-methyl/N-ethyl adjacent to an activating group) is 1. The second-order valence-corrected chi connectivity index (χ2v) is 5.92. The summed E-state index contributed by atoms with van der Waals surface area (Å²) in [6, 6.07) is 2.29. The highest BCUT2D eigenvalue weighted by Crippen LogP contribution is 2.43. The van der Waals surface area contributed by atoms with E-state index in [-0.39, 0.29) is 11.5 Å². The molecule has 2 atom stereocenters. The lowest BCUT2D eigenvalue weighted by Crippen LogP contribution is -2.34. The first-order chi connectivity index (χ1) is 8.13. The van der Waals surface area contributed by atoms with Crippen LogP contribution >= 0.6 is 0 Å². The van der Waals surface area contributed by atoms with Gasteiger partial charge in [-0.25, -0.2) is 0 Å². The topological polar surface area (TPSA) is 36.3 Å². The zero-order valence-corrected chi connectivity index (χ0v) is 11.1. The van der Waals surface area contributed by atoms with Crippen molar-refractivity contribution in [1.29, 1.82) is 5.26 Å². The van der Waals surface area contributed by atoms with E-state index in [4.69, 9.17) is 10.00 Å². The molecule has 0 bridgehead atoms. The zero-order valence-electron chi connectivity index (χ0n) is 11.1. The molecule has 3 heteroatoms. The Morgan fingerprint density at radius 3 is 2.76 bits per heavy atom. The van der Waals surface area contributed by atoms with E-state index < -0.39 is 0 Å². The lowest BCUT2D eigenvalue weighted by Gasteiger charge is -2.26. The summed E-state index contributed by atoms with van der Waals surface area (Å²) >= 11 is 0. The van der Waals surface area contributed by atoms with Crippen LogP contribution in [0.2, 0.25) is 0 Å². The van der Waals surface area contributed by atoms with E-state index in [1.165, 1.54) is 38.5 Å². The Morgan fingerprint density at radius 1 is 1.41 bits per heavy atom. The maximum absolute atomic E-state index is 8.80. The first-order valence-electron chi connectivity index (χ1n) is 6.89. The molecule has 3 nitrogen and oxygen atoms in total. The van der Waals surface area contributed by atoms with Crippen LogP contribution < -0.4 is 0 Å². The van der Waals surface area contributed by atoms with Gasteiger partial charge in [0.2, 0.25) is 0 Å². The van der Waals surface area contributed by atoms with Gasteiger partial charge >= 0.3 is 0 Å². The van der Waals surface area contributed by atoms with Gasteiger partial charge in [0.05, 0.1) is 23.7 Å². The van der Waals surface area contributed by atoms with E-state index in [1.54, 1.807) is 0 Å². The Bertz CT molecular complexity index is 291. The fourth-order valence-corrected chi connectivity index (χ4v) is 3.34. The molecule has 0 radical (unpaired) electrons. The van der Waals surface area contributed by atoms with E-state index in [0.717, 1.165) is 13.1 Å². The lowest BCUT2D eigenvalue weighted by molar-refractivity contribution is -0.0455. The van der Waals surface area contributed by atoms with Crippen LogP contribution in [0.25, 0.3) is 0 Å². The van der Waals surface area contributed by atoms with Crippen molar-refractivity contribution in [2.24, 2.45) is 5.92 Å². The predicted octanol–water partition coefficient (Wildman–Crippen LogP) is 2.57. The lowest BCUT2D eigenvalue weighted by atomic mass is 9.98. The summed E-state index contributed by atoms with van der Waals surface area (Å²) in [6.45, 7) is 3.81. The van der Waals surface area contributed by atoms with E-state index in [1.807, 2.05) is 6.92 Å². The van der Waals surface area contributed by atoms with Gasteiger partial charge in [0.25, 0.3) is 0 Å². The molecule has 1 spiro atoms. The molecule has 17 heavy (non-hydrogen) atoms. The van der Waals surface area contributed by atoms with E-state index in [9.17, 15) is 0 Å². The molecule has 1 heterocycles. The molecular weight excluding hydrogens is 212 g/mol. The molecule has 0 aromatic heterocycles. The first kappa shape index (κ1) is 12.9. The molecule has 0 amide bonds. The van der Waals surface area contributed by atoms with Crippen molar-refractivity contribution in [2.75, 3.05) is 20.1 Å². The fraction of sp³-hybridized carbons (Fsp3) is 0.929. The standard InChI is InChI=1S/C14H24N2O/c1-12(9-15)10-16(2)11-13-5-8-14(17-13)6-3-4-7-14/h12-13H,3-8,10-11H2,1-2H3. The minimum Gasteiger partial charge on any atom is -0.370 e. The second kappa shape index (κ2) is 5.37. The molecule has 96 valence electrons. The van der Waals surface area contributed by atoms with Gasteiger partial charge < -0.3 is 9.64 Å². The van der Waals surface area contributed by atoms with Gasteiger partial charge in [-0.1, -0.05) is 12.8 Å². The molecule has 0 aromatic carbocycles. The van der Waals surface area contributed by atoms with Crippen LogP contribution in [0.1, 0.15) is 45.4 Å². The normalized spacial score (nSPS) is 28.7. The SMILES string of the molecule is CC(C#N)CN(C)CC1CCC2(CCCC2)O1. The molecule has 1 saturated heterocycles. The molecule has 2 unspecified atom stereocenters. The Hall–Kier alpha value is -0.590. The Morgan fingerprint density at radius 2 is 2.12 bits per heavy atom. The molecule has 1 aliphatic heterocycles. The molecule has 2 fully saturated rings. The Labute approximate surface area is 105 Å². The van der Waals surface area contributed by atoms with Crippen molar-refractivity contribution in [3.05, 3.63) is 0 Å². The van der Waals surface area contributed by atoms with E-state index in [0.29, 0.717) is 6.10 Å². The van der Waals surface area contributed by atoms with Crippen LogP contribution in [0.3, 0.4) is 0 Å². The molecule has 1 saturated carbocycles. The maximum atomic E-state index is 8.80. The van der Waals surface area contributed by atoms with Crippen LogP contribution in [-0.4, -0.2) is 36.7 Å². The van der Waals surface area contributed by atoms with Gasteiger partial charge in [-0.05, 0) is 39.7 Å².